The summed E-state index contributed by atoms with van der Waals surface area (Å²) in [6.45, 7) is 10.3. The molecule has 0 bridgehead atoms. The Morgan fingerprint density at radius 1 is 1.33 bits per heavy atom. The molecule has 1 heterocycles. The Hall–Kier alpha value is -1.58. The van der Waals surface area contributed by atoms with Crippen molar-refractivity contribution in [1.82, 2.24) is 15.5 Å². The number of hydrogen-bond acceptors (Lipinski definition) is 3. The van der Waals surface area contributed by atoms with E-state index >= 15 is 0 Å². The minimum Gasteiger partial charge on any atom is -0.444 e. The molecular weight excluding hydrogens is 462 g/mol. The van der Waals surface area contributed by atoms with Crippen LogP contribution in [0.3, 0.4) is 0 Å². The number of carbonyl (C=O) groups is 1. The smallest absolute Gasteiger partial charge is 0.407 e. The molecule has 0 radical (unpaired) electrons. The van der Waals surface area contributed by atoms with Gasteiger partial charge in [-0.2, -0.15) is 0 Å². The number of guanidine groups is 1. The van der Waals surface area contributed by atoms with Gasteiger partial charge in [-0.05, 0) is 51.8 Å². The van der Waals surface area contributed by atoms with Crippen molar-refractivity contribution in [3.63, 3.8) is 0 Å². The molecular formula is C19H30FIN4O2. The van der Waals surface area contributed by atoms with E-state index in [9.17, 15) is 9.18 Å². The average Bonchev–Trinajstić information content (AvgIpc) is 2.99. The van der Waals surface area contributed by atoms with Gasteiger partial charge in [0.1, 0.15) is 11.4 Å². The lowest BCUT2D eigenvalue weighted by Gasteiger charge is -2.23. The third-order valence-corrected chi connectivity index (χ3v) is 3.87. The van der Waals surface area contributed by atoms with E-state index in [1.807, 2.05) is 27.7 Å². The van der Waals surface area contributed by atoms with Gasteiger partial charge in [0.2, 0.25) is 0 Å². The predicted octanol–water partition coefficient (Wildman–Crippen LogP) is 3.51. The fraction of sp³-hybridized carbons (Fsp3) is 0.579. The standard InChI is InChI=1S/C19H29FN4O2.HI/c1-5-21-17(22-12-14-6-8-15(20)9-7-14)24-11-10-16(13-24)23-18(25)26-19(2,3)4;/h6-9,16H,5,10-13H2,1-4H3,(H,21,22)(H,23,25);1H. The Morgan fingerprint density at radius 3 is 2.59 bits per heavy atom. The second-order valence-electron chi connectivity index (χ2n) is 7.37. The highest BCUT2D eigenvalue weighted by Gasteiger charge is 2.27. The van der Waals surface area contributed by atoms with Gasteiger partial charge in [-0.15, -0.1) is 24.0 Å². The van der Waals surface area contributed by atoms with Crippen LogP contribution in [0.5, 0.6) is 0 Å². The number of amides is 1. The highest BCUT2D eigenvalue weighted by molar-refractivity contribution is 14.0. The van der Waals surface area contributed by atoms with Crippen LogP contribution in [0.4, 0.5) is 9.18 Å². The topological polar surface area (TPSA) is 66.0 Å². The number of nitrogens with zero attached hydrogens (tertiary/aromatic N) is 2. The number of benzene rings is 1. The highest BCUT2D eigenvalue weighted by Crippen LogP contribution is 2.13. The summed E-state index contributed by atoms with van der Waals surface area (Å²) in [6, 6.07) is 6.38. The Kier molecular flexibility index (Phi) is 9.28. The number of nitrogens with one attached hydrogen (secondary N) is 2. The van der Waals surface area contributed by atoms with Crippen molar-refractivity contribution in [3.8, 4) is 0 Å². The molecule has 1 aliphatic rings. The van der Waals surface area contributed by atoms with Crippen molar-refractivity contribution in [1.29, 1.82) is 0 Å². The predicted molar refractivity (Wildman–Crippen MR) is 116 cm³/mol. The molecule has 2 N–H and O–H groups in total. The molecule has 8 heteroatoms. The molecule has 6 nitrogen and oxygen atoms in total. The molecule has 1 atom stereocenters. The third-order valence-electron chi connectivity index (χ3n) is 3.87. The van der Waals surface area contributed by atoms with E-state index in [0.29, 0.717) is 13.1 Å². The first-order valence-electron chi connectivity index (χ1n) is 9.04. The van der Waals surface area contributed by atoms with E-state index < -0.39 is 11.7 Å². The molecule has 0 aliphatic carbocycles. The van der Waals surface area contributed by atoms with Crippen molar-refractivity contribution in [3.05, 3.63) is 35.6 Å². The van der Waals surface area contributed by atoms with Crippen LogP contribution in [-0.2, 0) is 11.3 Å². The zero-order valence-electron chi connectivity index (χ0n) is 16.4. The molecule has 1 aliphatic heterocycles. The van der Waals surface area contributed by atoms with Crippen LogP contribution in [-0.4, -0.2) is 48.2 Å². The summed E-state index contributed by atoms with van der Waals surface area (Å²) < 4.78 is 18.3. The van der Waals surface area contributed by atoms with E-state index in [1.165, 1.54) is 12.1 Å². The summed E-state index contributed by atoms with van der Waals surface area (Å²) in [4.78, 5) is 18.7. The number of aliphatic imine (C=N–C) groups is 1. The normalized spacial score (nSPS) is 17.3. The molecule has 1 aromatic carbocycles. The average molecular weight is 492 g/mol. The first-order chi connectivity index (χ1) is 12.3. The van der Waals surface area contributed by atoms with Gasteiger partial charge >= 0.3 is 6.09 Å². The summed E-state index contributed by atoms with van der Waals surface area (Å²) in [5.74, 6) is 0.547. The Balaban J connectivity index is 0.00000364. The molecule has 0 aromatic heterocycles. The van der Waals surface area contributed by atoms with Crippen molar-refractivity contribution in [2.45, 2.75) is 52.3 Å². The van der Waals surface area contributed by atoms with Gasteiger partial charge in [-0.1, -0.05) is 12.1 Å². The largest absolute Gasteiger partial charge is 0.444 e. The summed E-state index contributed by atoms with van der Waals surface area (Å²) in [5, 5.41) is 6.19. The van der Waals surface area contributed by atoms with E-state index in [-0.39, 0.29) is 35.8 Å². The maximum atomic E-state index is 13.0. The molecule has 1 aromatic rings. The van der Waals surface area contributed by atoms with Crippen LogP contribution < -0.4 is 10.6 Å². The first kappa shape index (κ1) is 23.5. The Morgan fingerprint density at radius 2 is 2.00 bits per heavy atom. The van der Waals surface area contributed by atoms with Crippen LogP contribution >= 0.6 is 24.0 Å². The maximum absolute atomic E-state index is 13.0. The lowest BCUT2D eigenvalue weighted by atomic mass is 10.2. The summed E-state index contributed by atoms with van der Waals surface area (Å²) in [7, 11) is 0. The van der Waals surface area contributed by atoms with Crippen molar-refractivity contribution >= 4 is 36.0 Å². The number of likely N-dealkylation sites (tertiary alicyclic amines) is 1. The zero-order chi connectivity index (χ0) is 19.2. The quantitative estimate of drug-likeness (QED) is 0.384. The second kappa shape index (κ2) is 10.7. The van der Waals surface area contributed by atoms with Crippen LogP contribution in [0.2, 0.25) is 0 Å². The van der Waals surface area contributed by atoms with Gasteiger partial charge in [0, 0.05) is 19.6 Å². The van der Waals surface area contributed by atoms with Crippen molar-refractivity contribution in [2.75, 3.05) is 19.6 Å². The highest BCUT2D eigenvalue weighted by atomic mass is 127. The SMILES string of the molecule is CCNC(=NCc1ccc(F)cc1)N1CCC(NC(=O)OC(C)(C)C)C1.I. The second-order valence-corrected chi connectivity index (χ2v) is 7.37. The van der Waals surface area contributed by atoms with Gasteiger partial charge in [0.15, 0.2) is 5.96 Å². The van der Waals surface area contributed by atoms with Gasteiger partial charge < -0.3 is 20.3 Å². The van der Waals surface area contributed by atoms with Crippen LogP contribution in [0.1, 0.15) is 39.7 Å². The molecule has 1 unspecified atom stereocenters. The Bertz CT molecular complexity index is 632. The lowest BCUT2D eigenvalue weighted by molar-refractivity contribution is 0.0507. The lowest BCUT2D eigenvalue weighted by Crippen LogP contribution is -2.44. The summed E-state index contributed by atoms with van der Waals surface area (Å²) >= 11 is 0. The first-order valence-corrected chi connectivity index (χ1v) is 9.04. The number of carbonyl (C=O) groups excluding carboxylic acids is 1. The van der Waals surface area contributed by atoms with Crippen molar-refractivity contribution < 1.29 is 13.9 Å². The minimum atomic E-state index is -0.506. The zero-order valence-corrected chi connectivity index (χ0v) is 18.7. The number of rotatable bonds is 4. The monoisotopic (exact) mass is 492 g/mol. The van der Waals surface area contributed by atoms with Crippen LogP contribution in [0.15, 0.2) is 29.3 Å². The Labute approximate surface area is 178 Å². The summed E-state index contributed by atoms with van der Waals surface area (Å²) in [6.07, 6.45) is 0.442. The summed E-state index contributed by atoms with van der Waals surface area (Å²) in [5.41, 5.74) is 0.443. The van der Waals surface area contributed by atoms with Gasteiger partial charge in [0.25, 0.3) is 0 Å². The fourth-order valence-electron chi connectivity index (χ4n) is 2.73. The van der Waals surface area contributed by atoms with Gasteiger partial charge in [0.05, 0.1) is 12.6 Å². The van der Waals surface area contributed by atoms with Gasteiger partial charge in [-0.25, -0.2) is 14.2 Å². The van der Waals surface area contributed by atoms with Crippen LogP contribution in [0, 0.1) is 5.82 Å². The fourth-order valence-corrected chi connectivity index (χ4v) is 2.73. The van der Waals surface area contributed by atoms with E-state index in [4.69, 9.17) is 4.74 Å². The molecule has 152 valence electrons. The number of alkyl carbamates (subject to hydrolysis) is 1. The number of hydrogen-bond donors (Lipinski definition) is 2. The van der Waals surface area contributed by atoms with E-state index in [2.05, 4.69) is 20.5 Å². The van der Waals surface area contributed by atoms with Crippen molar-refractivity contribution in [2.24, 2.45) is 4.99 Å². The molecule has 2 rings (SSSR count). The maximum Gasteiger partial charge on any atom is 0.407 e. The van der Waals surface area contributed by atoms with Crippen LogP contribution in [0.25, 0.3) is 0 Å². The molecule has 27 heavy (non-hydrogen) atoms. The third kappa shape index (κ3) is 8.32. The molecule has 1 amide bonds. The molecule has 0 saturated carbocycles. The minimum absolute atomic E-state index is 0. The number of ether oxygens (including phenoxy) is 1. The van der Waals surface area contributed by atoms with E-state index in [1.54, 1.807) is 12.1 Å². The molecule has 1 saturated heterocycles. The molecule has 1 fully saturated rings. The molecule has 0 spiro atoms. The van der Waals surface area contributed by atoms with Gasteiger partial charge in [-0.3, -0.25) is 0 Å². The van der Waals surface area contributed by atoms with E-state index in [0.717, 1.165) is 31.0 Å². The number of halogens is 2.